The van der Waals surface area contributed by atoms with E-state index in [1.807, 2.05) is 42.6 Å². The number of nitrogens with one attached hydrogen (secondary N) is 3. The number of hydrogen-bond acceptors (Lipinski definition) is 9. The standard InChI is InChI=1S/C37H34N4O6S2/c1-4-47-29-17-14-24(15-18-29)32-22-48-37(40-32)41-34(43)23(2)49-30-12-8-11-27(20-30)38-36(45)31(39-35(44)25-9-6-5-7-10-25)19-26-13-16-28(42)21-33(26)46-3/h5-23,42H,4H2,1-3H3,(H,38,45)(H,39,44)(H,40,41,43)/b31-19+. The molecule has 1 heterocycles. The lowest BCUT2D eigenvalue weighted by molar-refractivity contribution is -0.115. The zero-order valence-corrected chi connectivity index (χ0v) is 28.6. The van der Waals surface area contributed by atoms with E-state index < -0.39 is 17.1 Å². The number of thiazole rings is 1. The predicted octanol–water partition coefficient (Wildman–Crippen LogP) is 7.45. The summed E-state index contributed by atoms with van der Waals surface area (Å²) >= 11 is 2.66. The van der Waals surface area contributed by atoms with Gasteiger partial charge in [-0.15, -0.1) is 23.1 Å². The quantitative estimate of drug-likeness (QED) is 0.0737. The Morgan fingerprint density at radius 1 is 0.959 bits per heavy atom. The van der Waals surface area contributed by atoms with Crippen LogP contribution in [0, 0.1) is 0 Å². The Bertz CT molecular complexity index is 1960. The molecule has 0 aliphatic carbocycles. The van der Waals surface area contributed by atoms with E-state index in [4.69, 9.17) is 9.47 Å². The highest BCUT2D eigenvalue weighted by molar-refractivity contribution is 8.00. The second-order valence-electron chi connectivity index (χ2n) is 10.5. The van der Waals surface area contributed by atoms with Crippen molar-refractivity contribution < 1.29 is 29.0 Å². The summed E-state index contributed by atoms with van der Waals surface area (Å²) in [6.45, 7) is 4.31. The van der Waals surface area contributed by atoms with Crippen molar-refractivity contribution in [2.24, 2.45) is 0 Å². The van der Waals surface area contributed by atoms with Gasteiger partial charge in [0.1, 0.15) is 22.9 Å². The zero-order valence-electron chi connectivity index (χ0n) is 26.9. The molecule has 0 spiro atoms. The van der Waals surface area contributed by atoms with Crippen LogP contribution >= 0.6 is 23.1 Å². The first-order valence-corrected chi connectivity index (χ1v) is 17.0. The fraction of sp³-hybridized carbons (Fsp3) is 0.135. The summed E-state index contributed by atoms with van der Waals surface area (Å²) in [5.41, 5.74) is 2.92. The molecule has 5 rings (SSSR count). The average molecular weight is 695 g/mol. The molecule has 1 aromatic heterocycles. The molecule has 10 nitrogen and oxygen atoms in total. The highest BCUT2D eigenvalue weighted by Crippen LogP contribution is 2.30. The molecule has 0 saturated carbocycles. The molecule has 49 heavy (non-hydrogen) atoms. The Morgan fingerprint density at radius 3 is 2.47 bits per heavy atom. The van der Waals surface area contributed by atoms with E-state index in [9.17, 15) is 19.5 Å². The SMILES string of the molecule is CCOc1ccc(-c2csc(NC(=O)C(C)Sc3cccc(NC(=O)/C(=C\c4ccc(O)cc4OC)NC(=O)c4ccccc4)c3)n2)cc1. The van der Waals surface area contributed by atoms with Crippen molar-refractivity contribution in [2.45, 2.75) is 24.0 Å². The van der Waals surface area contributed by atoms with Crippen molar-refractivity contribution in [3.05, 3.63) is 119 Å². The Morgan fingerprint density at radius 2 is 1.73 bits per heavy atom. The number of ether oxygens (including phenoxy) is 2. The topological polar surface area (TPSA) is 139 Å². The highest BCUT2D eigenvalue weighted by atomic mass is 32.2. The molecule has 0 radical (unpaired) electrons. The maximum Gasteiger partial charge on any atom is 0.272 e. The van der Waals surface area contributed by atoms with Gasteiger partial charge < -0.3 is 30.5 Å². The smallest absolute Gasteiger partial charge is 0.272 e. The minimum Gasteiger partial charge on any atom is -0.508 e. The molecular weight excluding hydrogens is 661 g/mol. The fourth-order valence-electron chi connectivity index (χ4n) is 4.58. The number of benzene rings is 4. The first-order valence-electron chi connectivity index (χ1n) is 15.2. The molecule has 12 heteroatoms. The molecular formula is C37H34N4O6S2. The summed E-state index contributed by atoms with van der Waals surface area (Å²) in [6.07, 6.45) is 1.47. The Labute approximate surface area is 292 Å². The van der Waals surface area contributed by atoms with Crippen LogP contribution in [-0.4, -0.2) is 46.8 Å². The van der Waals surface area contributed by atoms with Crippen molar-refractivity contribution in [1.82, 2.24) is 10.3 Å². The number of aromatic nitrogens is 1. The number of phenols is 1. The maximum atomic E-state index is 13.6. The van der Waals surface area contributed by atoms with Gasteiger partial charge in [-0.25, -0.2) is 4.98 Å². The van der Waals surface area contributed by atoms with Crippen LogP contribution in [0.15, 0.2) is 113 Å². The number of carbonyl (C=O) groups is 3. The number of phenolic OH excluding ortho intramolecular Hbond substituents is 1. The van der Waals surface area contributed by atoms with Crippen molar-refractivity contribution >= 4 is 57.7 Å². The molecule has 0 fully saturated rings. The van der Waals surface area contributed by atoms with Crippen molar-refractivity contribution in [3.63, 3.8) is 0 Å². The number of anilines is 2. The first-order chi connectivity index (χ1) is 23.7. The number of methoxy groups -OCH3 is 1. The Balaban J connectivity index is 1.26. The van der Waals surface area contributed by atoms with Crippen LogP contribution < -0.4 is 25.4 Å². The van der Waals surface area contributed by atoms with Gasteiger partial charge in [-0.3, -0.25) is 14.4 Å². The van der Waals surface area contributed by atoms with Gasteiger partial charge in [-0.1, -0.05) is 24.3 Å². The van der Waals surface area contributed by atoms with Crippen molar-refractivity contribution in [3.8, 4) is 28.5 Å². The zero-order chi connectivity index (χ0) is 34.8. The molecule has 3 amide bonds. The molecule has 1 atom stereocenters. The minimum atomic E-state index is -0.584. The third-order valence-electron chi connectivity index (χ3n) is 7.02. The summed E-state index contributed by atoms with van der Waals surface area (Å²) < 4.78 is 10.9. The van der Waals surface area contributed by atoms with Crippen LogP contribution in [0.4, 0.5) is 10.8 Å². The minimum absolute atomic E-state index is 0.00845. The summed E-state index contributed by atoms with van der Waals surface area (Å²) in [4.78, 5) is 45.0. The van der Waals surface area contributed by atoms with Gasteiger partial charge in [0.15, 0.2) is 5.13 Å². The van der Waals surface area contributed by atoms with Gasteiger partial charge in [-0.2, -0.15) is 0 Å². The summed E-state index contributed by atoms with van der Waals surface area (Å²) in [5.74, 6) is -0.189. The van der Waals surface area contributed by atoms with Gasteiger partial charge >= 0.3 is 0 Å². The predicted molar refractivity (Wildman–Crippen MR) is 194 cm³/mol. The van der Waals surface area contributed by atoms with E-state index in [-0.39, 0.29) is 17.4 Å². The molecule has 0 bridgehead atoms. The summed E-state index contributed by atoms with van der Waals surface area (Å²) in [5, 5.41) is 20.2. The second-order valence-corrected chi connectivity index (χ2v) is 12.8. The van der Waals surface area contributed by atoms with Gasteiger partial charge in [0.05, 0.1) is 24.7 Å². The fourth-order valence-corrected chi connectivity index (χ4v) is 6.23. The summed E-state index contributed by atoms with van der Waals surface area (Å²) in [7, 11) is 1.44. The molecule has 4 aromatic carbocycles. The molecule has 0 aliphatic rings. The highest BCUT2D eigenvalue weighted by Gasteiger charge is 2.19. The van der Waals surface area contributed by atoms with Crippen molar-refractivity contribution in [2.75, 3.05) is 24.4 Å². The number of rotatable bonds is 13. The lowest BCUT2D eigenvalue weighted by atomic mass is 10.1. The molecule has 5 aromatic rings. The number of carbonyl (C=O) groups excluding carboxylic acids is 3. The molecule has 1 unspecified atom stereocenters. The van der Waals surface area contributed by atoms with Crippen LogP contribution in [0.2, 0.25) is 0 Å². The molecule has 0 saturated heterocycles. The molecule has 4 N–H and O–H groups in total. The molecule has 250 valence electrons. The van der Waals surface area contributed by atoms with Gasteiger partial charge in [0, 0.05) is 38.7 Å². The normalized spacial score (nSPS) is 11.7. The van der Waals surface area contributed by atoms with Crippen molar-refractivity contribution in [1.29, 1.82) is 0 Å². The number of amides is 3. The van der Waals surface area contributed by atoms with Crippen LogP contribution in [0.3, 0.4) is 0 Å². The number of thioether (sulfide) groups is 1. The van der Waals surface area contributed by atoms with E-state index in [1.165, 1.54) is 48.4 Å². The van der Waals surface area contributed by atoms with Crippen LogP contribution in [0.25, 0.3) is 17.3 Å². The van der Waals surface area contributed by atoms with Crippen LogP contribution in [-0.2, 0) is 9.59 Å². The molecule has 0 aliphatic heterocycles. The largest absolute Gasteiger partial charge is 0.508 e. The lowest BCUT2D eigenvalue weighted by Crippen LogP contribution is -2.30. The van der Waals surface area contributed by atoms with Gasteiger partial charge in [0.2, 0.25) is 5.91 Å². The third kappa shape index (κ3) is 9.49. The summed E-state index contributed by atoms with van der Waals surface area (Å²) in [6, 6.07) is 27.6. The van der Waals surface area contributed by atoms with E-state index in [2.05, 4.69) is 20.9 Å². The number of aromatic hydroxyl groups is 1. The average Bonchev–Trinajstić information content (AvgIpc) is 3.58. The number of hydrogen-bond donors (Lipinski definition) is 4. The van der Waals surface area contributed by atoms with Gasteiger partial charge in [-0.05, 0) is 86.7 Å². The maximum absolute atomic E-state index is 13.6. The Kier molecular flexibility index (Phi) is 11.7. The van der Waals surface area contributed by atoms with Crippen LogP contribution in [0.5, 0.6) is 17.2 Å². The van der Waals surface area contributed by atoms with E-state index in [1.54, 1.807) is 61.5 Å². The van der Waals surface area contributed by atoms with E-state index in [0.717, 1.165) is 21.9 Å². The monoisotopic (exact) mass is 694 g/mol. The van der Waals surface area contributed by atoms with Crippen LogP contribution in [0.1, 0.15) is 29.8 Å². The third-order valence-corrected chi connectivity index (χ3v) is 8.87. The Hall–Kier alpha value is -5.59. The second kappa shape index (κ2) is 16.5. The van der Waals surface area contributed by atoms with E-state index >= 15 is 0 Å². The van der Waals surface area contributed by atoms with E-state index in [0.29, 0.717) is 34.3 Å². The first kappa shape index (κ1) is 34.7. The lowest BCUT2D eigenvalue weighted by Gasteiger charge is -2.14. The van der Waals surface area contributed by atoms with Gasteiger partial charge in [0.25, 0.3) is 11.8 Å². The number of nitrogens with zero attached hydrogens (tertiary/aromatic N) is 1.